The predicted molar refractivity (Wildman–Crippen MR) is 55.3 cm³/mol. The molecule has 88 valence electrons. The number of ether oxygens (including phenoxy) is 1. The first-order chi connectivity index (χ1) is 7.54. The number of hydrogen-bond donors (Lipinski definition) is 1. The lowest BCUT2D eigenvalue weighted by molar-refractivity contribution is 0.0600. The van der Waals surface area contributed by atoms with Crippen molar-refractivity contribution in [1.82, 2.24) is 0 Å². The summed E-state index contributed by atoms with van der Waals surface area (Å²) in [5.74, 6) is -0.464. The van der Waals surface area contributed by atoms with Gasteiger partial charge in [0.15, 0.2) is 0 Å². The number of halogens is 2. The van der Waals surface area contributed by atoms with E-state index in [0.717, 1.165) is 0 Å². The Hall–Kier alpha value is -1.49. The van der Waals surface area contributed by atoms with Crippen molar-refractivity contribution in [2.45, 2.75) is 18.9 Å². The normalized spacial score (nSPS) is 12.6. The quantitative estimate of drug-likeness (QED) is 0.804. The SMILES string of the molecule is COC(=O)c1ccc([C@H](N)CC(F)F)cc1. The third-order valence-corrected chi connectivity index (χ3v) is 2.19. The van der Waals surface area contributed by atoms with Crippen LogP contribution in [0.1, 0.15) is 28.4 Å². The molecule has 16 heavy (non-hydrogen) atoms. The molecule has 0 amide bonds. The summed E-state index contributed by atoms with van der Waals surface area (Å²) in [5.41, 5.74) is 6.51. The van der Waals surface area contributed by atoms with E-state index in [4.69, 9.17) is 5.73 Å². The van der Waals surface area contributed by atoms with Crippen LogP contribution in [0.2, 0.25) is 0 Å². The Bertz CT molecular complexity index is 352. The molecule has 5 heteroatoms. The molecule has 0 aliphatic rings. The monoisotopic (exact) mass is 229 g/mol. The van der Waals surface area contributed by atoms with Crippen molar-refractivity contribution in [3.8, 4) is 0 Å². The van der Waals surface area contributed by atoms with Crippen molar-refractivity contribution < 1.29 is 18.3 Å². The van der Waals surface area contributed by atoms with Gasteiger partial charge in [-0.2, -0.15) is 0 Å². The summed E-state index contributed by atoms with van der Waals surface area (Å²) >= 11 is 0. The van der Waals surface area contributed by atoms with Gasteiger partial charge < -0.3 is 10.5 Å². The van der Waals surface area contributed by atoms with Crippen molar-refractivity contribution in [2.75, 3.05) is 7.11 Å². The Morgan fingerprint density at radius 2 is 1.94 bits per heavy atom. The zero-order chi connectivity index (χ0) is 12.1. The molecule has 0 unspecified atom stereocenters. The summed E-state index contributed by atoms with van der Waals surface area (Å²) in [7, 11) is 1.28. The second kappa shape index (κ2) is 5.55. The maximum Gasteiger partial charge on any atom is 0.337 e. The molecule has 0 bridgehead atoms. The van der Waals surface area contributed by atoms with Crippen LogP contribution in [0.15, 0.2) is 24.3 Å². The van der Waals surface area contributed by atoms with Gasteiger partial charge in [-0.05, 0) is 17.7 Å². The minimum Gasteiger partial charge on any atom is -0.465 e. The summed E-state index contributed by atoms with van der Waals surface area (Å²) in [4.78, 5) is 11.1. The summed E-state index contributed by atoms with van der Waals surface area (Å²) < 4.78 is 28.7. The van der Waals surface area contributed by atoms with E-state index in [2.05, 4.69) is 4.74 Å². The van der Waals surface area contributed by atoms with E-state index in [1.54, 1.807) is 12.1 Å². The first-order valence-corrected chi connectivity index (χ1v) is 4.76. The Labute approximate surface area is 92.2 Å². The molecule has 0 aliphatic carbocycles. The van der Waals surface area contributed by atoms with Crippen LogP contribution in [0.4, 0.5) is 8.78 Å². The van der Waals surface area contributed by atoms with Crippen molar-refractivity contribution >= 4 is 5.97 Å². The molecule has 0 fully saturated rings. The highest BCUT2D eigenvalue weighted by Crippen LogP contribution is 2.18. The number of nitrogens with two attached hydrogens (primary N) is 1. The molecule has 1 atom stereocenters. The first-order valence-electron chi connectivity index (χ1n) is 4.76. The molecule has 1 rings (SSSR count). The molecule has 3 nitrogen and oxygen atoms in total. The van der Waals surface area contributed by atoms with Crippen molar-refractivity contribution in [1.29, 1.82) is 0 Å². The summed E-state index contributed by atoms with van der Waals surface area (Å²) in [6, 6.07) is 5.41. The number of benzene rings is 1. The molecule has 0 radical (unpaired) electrons. The number of methoxy groups -OCH3 is 1. The zero-order valence-corrected chi connectivity index (χ0v) is 8.82. The van der Waals surface area contributed by atoms with E-state index < -0.39 is 24.9 Å². The fourth-order valence-electron chi connectivity index (χ4n) is 1.31. The number of carbonyl (C=O) groups excluding carboxylic acids is 1. The largest absolute Gasteiger partial charge is 0.465 e. The van der Waals surface area contributed by atoms with Gasteiger partial charge in [0.05, 0.1) is 12.7 Å². The molecule has 0 spiro atoms. The van der Waals surface area contributed by atoms with Gasteiger partial charge in [-0.3, -0.25) is 0 Å². The summed E-state index contributed by atoms with van der Waals surface area (Å²) in [6.45, 7) is 0. The molecule has 0 saturated heterocycles. The summed E-state index contributed by atoms with van der Waals surface area (Å²) in [5, 5.41) is 0. The zero-order valence-electron chi connectivity index (χ0n) is 8.82. The number of carbonyl (C=O) groups is 1. The Morgan fingerprint density at radius 3 is 2.38 bits per heavy atom. The molecule has 0 saturated carbocycles. The third-order valence-electron chi connectivity index (χ3n) is 2.19. The Kier molecular flexibility index (Phi) is 4.37. The van der Waals surface area contributed by atoms with Gasteiger partial charge >= 0.3 is 5.97 Å². The van der Waals surface area contributed by atoms with Crippen LogP contribution < -0.4 is 5.73 Å². The van der Waals surface area contributed by atoms with Gasteiger partial charge in [0.25, 0.3) is 0 Å². The van der Waals surface area contributed by atoms with Gasteiger partial charge in [-0.25, -0.2) is 13.6 Å². The number of rotatable bonds is 4. The molecule has 0 aromatic heterocycles. The van der Waals surface area contributed by atoms with Crippen LogP contribution in [-0.2, 0) is 4.74 Å². The predicted octanol–water partition coefficient (Wildman–Crippen LogP) is 2.13. The fourth-order valence-corrected chi connectivity index (χ4v) is 1.31. The lowest BCUT2D eigenvalue weighted by Crippen LogP contribution is -2.14. The highest BCUT2D eigenvalue weighted by Gasteiger charge is 2.13. The maximum atomic E-state index is 12.1. The minimum atomic E-state index is -2.43. The van der Waals surface area contributed by atoms with Crippen LogP contribution in [0.3, 0.4) is 0 Å². The van der Waals surface area contributed by atoms with Gasteiger partial charge in [0.1, 0.15) is 0 Å². The standard InChI is InChI=1S/C11H13F2NO2/c1-16-11(15)8-4-2-7(3-5-8)9(14)6-10(12)13/h2-5,9-10H,6,14H2,1H3/t9-/m1/s1. The highest BCUT2D eigenvalue weighted by molar-refractivity contribution is 5.89. The smallest absolute Gasteiger partial charge is 0.337 e. The second-order valence-electron chi connectivity index (χ2n) is 3.35. The van der Waals surface area contributed by atoms with E-state index in [1.807, 2.05) is 0 Å². The van der Waals surface area contributed by atoms with E-state index in [0.29, 0.717) is 11.1 Å². The average molecular weight is 229 g/mol. The second-order valence-corrected chi connectivity index (χ2v) is 3.35. The third kappa shape index (κ3) is 3.27. The number of alkyl halides is 2. The van der Waals surface area contributed by atoms with Crippen LogP contribution in [0, 0.1) is 0 Å². The maximum absolute atomic E-state index is 12.1. The van der Waals surface area contributed by atoms with Crippen LogP contribution in [0.5, 0.6) is 0 Å². The summed E-state index contributed by atoms with van der Waals surface area (Å²) in [6.07, 6.45) is -2.83. The molecule has 2 N–H and O–H groups in total. The number of hydrogen-bond acceptors (Lipinski definition) is 3. The van der Waals surface area contributed by atoms with Crippen molar-refractivity contribution in [2.24, 2.45) is 5.73 Å². The lowest BCUT2D eigenvalue weighted by atomic mass is 10.0. The van der Waals surface area contributed by atoms with Crippen molar-refractivity contribution in [3.05, 3.63) is 35.4 Å². The Morgan fingerprint density at radius 1 is 1.38 bits per heavy atom. The Balaban J connectivity index is 2.74. The van der Waals surface area contributed by atoms with E-state index in [1.165, 1.54) is 19.2 Å². The van der Waals surface area contributed by atoms with Crippen LogP contribution in [0.25, 0.3) is 0 Å². The van der Waals surface area contributed by atoms with Crippen LogP contribution >= 0.6 is 0 Å². The first kappa shape index (κ1) is 12.6. The molecular formula is C11H13F2NO2. The number of esters is 1. The van der Waals surface area contributed by atoms with Crippen LogP contribution in [-0.4, -0.2) is 19.5 Å². The molecule has 1 aromatic rings. The molecule has 0 aliphatic heterocycles. The molecule has 1 aromatic carbocycles. The van der Waals surface area contributed by atoms with Gasteiger partial charge in [-0.1, -0.05) is 12.1 Å². The van der Waals surface area contributed by atoms with E-state index in [9.17, 15) is 13.6 Å². The average Bonchev–Trinajstić information content (AvgIpc) is 2.27. The van der Waals surface area contributed by atoms with Gasteiger partial charge in [0, 0.05) is 12.5 Å². The van der Waals surface area contributed by atoms with Gasteiger partial charge in [0.2, 0.25) is 6.43 Å². The minimum absolute atomic E-state index is 0.371. The highest BCUT2D eigenvalue weighted by atomic mass is 19.3. The lowest BCUT2D eigenvalue weighted by Gasteiger charge is -2.11. The van der Waals surface area contributed by atoms with Crippen molar-refractivity contribution in [3.63, 3.8) is 0 Å². The molecular weight excluding hydrogens is 216 g/mol. The van der Waals surface area contributed by atoms with E-state index >= 15 is 0 Å². The fraction of sp³-hybridized carbons (Fsp3) is 0.364. The topological polar surface area (TPSA) is 52.3 Å². The van der Waals surface area contributed by atoms with E-state index in [-0.39, 0.29) is 0 Å². The van der Waals surface area contributed by atoms with Gasteiger partial charge in [-0.15, -0.1) is 0 Å². The molecule has 0 heterocycles.